The number of rotatable bonds is 5. The summed E-state index contributed by atoms with van der Waals surface area (Å²) in [5, 5.41) is 0. The molecule has 2 aliphatic carbocycles. The van der Waals surface area contributed by atoms with Crippen LogP contribution in [0.2, 0.25) is 13.1 Å². The van der Waals surface area contributed by atoms with Crippen molar-refractivity contribution < 1.29 is 14.0 Å². The molecule has 0 aromatic rings. The molecule has 6 atom stereocenters. The topological polar surface area (TPSA) is 35.5 Å². The van der Waals surface area contributed by atoms with E-state index in [1.165, 1.54) is 25.7 Å². The van der Waals surface area contributed by atoms with Crippen molar-refractivity contribution in [1.82, 2.24) is 0 Å². The first-order valence-corrected chi connectivity index (χ1v) is 14.3. The maximum absolute atomic E-state index is 11.8. The molecule has 3 aliphatic rings. The van der Waals surface area contributed by atoms with Crippen molar-refractivity contribution in [2.24, 2.45) is 28.6 Å². The molecule has 2 unspecified atom stereocenters. The lowest BCUT2D eigenvalue weighted by molar-refractivity contribution is -0.145. The molecule has 0 N–H and O–H groups in total. The minimum absolute atomic E-state index is 0.0195. The molecule has 1 heterocycles. The van der Waals surface area contributed by atoms with Gasteiger partial charge in [-0.05, 0) is 73.8 Å². The van der Waals surface area contributed by atoms with Gasteiger partial charge in [0.1, 0.15) is 6.10 Å². The maximum Gasteiger partial charge on any atom is 0.333 e. The highest BCUT2D eigenvalue weighted by Crippen LogP contribution is 2.66. The average Bonchev–Trinajstić information content (AvgIpc) is 3.03. The molecule has 0 bridgehead atoms. The van der Waals surface area contributed by atoms with E-state index in [2.05, 4.69) is 54.3 Å². The van der Waals surface area contributed by atoms with Gasteiger partial charge >= 0.3 is 5.97 Å². The highest BCUT2D eigenvalue weighted by atomic mass is 28.3. The van der Waals surface area contributed by atoms with Gasteiger partial charge in [-0.1, -0.05) is 47.6 Å². The number of fused-ring (bicyclic) bond motifs is 1. The van der Waals surface area contributed by atoms with Crippen LogP contribution in [-0.4, -0.2) is 26.7 Å². The SMILES string of the molecule is C=C1C[C@H](C[C@@H](C)[C@]2(O[SiH](C)C)CCC3C(C(C)(C)C)CCC[C@]32C)OC1=O. The highest BCUT2D eigenvalue weighted by molar-refractivity contribution is 6.48. The van der Waals surface area contributed by atoms with Crippen LogP contribution < -0.4 is 0 Å². The first kappa shape index (κ1) is 22.1. The summed E-state index contributed by atoms with van der Waals surface area (Å²) in [6.45, 7) is 20.7. The van der Waals surface area contributed by atoms with E-state index in [0.717, 1.165) is 24.7 Å². The largest absolute Gasteiger partial charge is 0.459 e. The van der Waals surface area contributed by atoms with Gasteiger partial charge in [-0.15, -0.1) is 0 Å². The average molecular weight is 407 g/mol. The van der Waals surface area contributed by atoms with E-state index in [1.54, 1.807) is 0 Å². The van der Waals surface area contributed by atoms with Crippen molar-refractivity contribution >= 4 is 15.0 Å². The molecule has 0 aromatic heterocycles. The number of esters is 1. The summed E-state index contributed by atoms with van der Waals surface area (Å²) in [7, 11) is -1.22. The molecule has 3 fully saturated rings. The molecule has 3 nitrogen and oxygen atoms in total. The van der Waals surface area contributed by atoms with Crippen LogP contribution >= 0.6 is 0 Å². The van der Waals surface area contributed by atoms with Crippen molar-refractivity contribution in [2.45, 2.75) is 104 Å². The fourth-order valence-electron chi connectivity index (χ4n) is 7.15. The third-order valence-electron chi connectivity index (χ3n) is 8.32. The fraction of sp³-hybridized carbons (Fsp3) is 0.875. The molecular formula is C24H42O3Si. The van der Waals surface area contributed by atoms with Gasteiger partial charge in [0.05, 0.1) is 5.60 Å². The van der Waals surface area contributed by atoms with E-state index in [4.69, 9.17) is 9.16 Å². The van der Waals surface area contributed by atoms with Gasteiger partial charge in [-0.3, -0.25) is 0 Å². The molecule has 1 saturated heterocycles. The predicted octanol–water partition coefficient (Wildman–Crippen LogP) is 5.89. The van der Waals surface area contributed by atoms with E-state index in [9.17, 15) is 4.79 Å². The van der Waals surface area contributed by atoms with Crippen molar-refractivity contribution in [2.75, 3.05) is 0 Å². The monoisotopic (exact) mass is 406 g/mol. The standard InChI is InChI=1S/C24H42O3Si/c1-16-14-18(26-21(16)25)15-17(2)24(27-28(7)8)13-11-20-19(22(3,4)5)10-9-12-23(20,24)6/h17-20,28H,1,9-15H2,2-8H3/t17-,18-,19?,20?,23-,24-/m1/s1. The van der Waals surface area contributed by atoms with Crippen molar-refractivity contribution in [3.05, 3.63) is 12.2 Å². The zero-order valence-corrected chi connectivity index (χ0v) is 20.4. The molecule has 2 saturated carbocycles. The Bertz CT molecular complexity index is 606. The van der Waals surface area contributed by atoms with Gasteiger partial charge in [-0.2, -0.15) is 0 Å². The number of hydrogen-bond donors (Lipinski definition) is 0. The molecule has 0 aromatic carbocycles. The van der Waals surface area contributed by atoms with Crippen LogP contribution in [0.5, 0.6) is 0 Å². The molecule has 3 rings (SSSR count). The van der Waals surface area contributed by atoms with Crippen LogP contribution in [0, 0.1) is 28.6 Å². The summed E-state index contributed by atoms with van der Waals surface area (Å²) in [6, 6.07) is 0. The molecular weight excluding hydrogens is 364 g/mol. The van der Waals surface area contributed by atoms with Crippen LogP contribution in [0.15, 0.2) is 12.2 Å². The lowest BCUT2D eigenvalue weighted by Crippen LogP contribution is -2.57. The summed E-state index contributed by atoms with van der Waals surface area (Å²) in [6.07, 6.45) is 7.93. The normalized spacial score (nSPS) is 39.9. The zero-order valence-electron chi connectivity index (χ0n) is 19.3. The molecule has 0 radical (unpaired) electrons. The van der Waals surface area contributed by atoms with Gasteiger partial charge in [0, 0.05) is 12.0 Å². The molecule has 0 spiro atoms. The minimum atomic E-state index is -1.22. The van der Waals surface area contributed by atoms with E-state index < -0.39 is 9.04 Å². The second-order valence-corrected chi connectivity index (χ2v) is 13.8. The van der Waals surface area contributed by atoms with E-state index in [0.29, 0.717) is 23.3 Å². The van der Waals surface area contributed by atoms with Crippen LogP contribution in [0.3, 0.4) is 0 Å². The van der Waals surface area contributed by atoms with Gasteiger partial charge in [0.25, 0.3) is 0 Å². The van der Waals surface area contributed by atoms with Crippen molar-refractivity contribution in [3.8, 4) is 0 Å². The Kier molecular flexibility index (Phi) is 5.97. The molecule has 4 heteroatoms. The summed E-state index contributed by atoms with van der Waals surface area (Å²) >= 11 is 0. The predicted molar refractivity (Wildman–Crippen MR) is 118 cm³/mol. The van der Waals surface area contributed by atoms with Crippen LogP contribution in [-0.2, 0) is 14.0 Å². The summed E-state index contributed by atoms with van der Waals surface area (Å²) in [5.41, 5.74) is 1.13. The Labute approximate surface area is 174 Å². The lowest BCUT2D eigenvalue weighted by Gasteiger charge is -2.56. The molecule has 0 amide bonds. The number of hydrogen-bond acceptors (Lipinski definition) is 3. The minimum Gasteiger partial charge on any atom is -0.459 e. The van der Waals surface area contributed by atoms with Crippen LogP contribution in [0.4, 0.5) is 0 Å². The van der Waals surface area contributed by atoms with E-state index in [-0.39, 0.29) is 23.1 Å². The number of cyclic esters (lactones) is 1. The zero-order chi connectivity index (χ0) is 20.9. The second kappa shape index (κ2) is 7.57. The first-order valence-electron chi connectivity index (χ1n) is 11.5. The van der Waals surface area contributed by atoms with Gasteiger partial charge < -0.3 is 9.16 Å². The smallest absolute Gasteiger partial charge is 0.333 e. The highest BCUT2D eigenvalue weighted by Gasteiger charge is 2.63. The molecule has 28 heavy (non-hydrogen) atoms. The van der Waals surface area contributed by atoms with Gasteiger partial charge in [0.15, 0.2) is 9.04 Å². The Hall–Kier alpha value is -0.613. The van der Waals surface area contributed by atoms with Crippen LogP contribution in [0.25, 0.3) is 0 Å². The maximum atomic E-state index is 11.8. The molecule has 160 valence electrons. The molecule has 1 aliphatic heterocycles. The van der Waals surface area contributed by atoms with Crippen molar-refractivity contribution in [3.63, 3.8) is 0 Å². The van der Waals surface area contributed by atoms with Crippen molar-refractivity contribution in [1.29, 1.82) is 0 Å². The quantitative estimate of drug-likeness (QED) is 0.325. The second-order valence-electron chi connectivity index (χ2n) is 11.5. The fourth-order valence-corrected chi connectivity index (χ4v) is 8.61. The van der Waals surface area contributed by atoms with E-state index in [1.807, 2.05) is 0 Å². The summed E-state index contributed by atoms with van der Waals surface area (Å²) in [5.74, 6) is 1.69. The first-order chi connectivity index (χ1) is 12.9. The van der Waals surface area contributed by atoms with Gasteiger partial charge in [-0.25, -0.2) is 4.79 Å². The third-order valence-corrected chi connectivity index (χ3v) is 9.21. The number of carbonyl (C=O) groups is 1. The number of ether oxygens (including phenoxy) is 1. The van der Waals surface area contributed by atoms with Crippen LogP contribution in [0.1, 0.15) is 79.6 Å². The van der Waals surface area contributed by atoms with E-state index >= 15 is 0 Å². The third kappa shape index (κ3) is 3.64. The lowest BCUT2D eigenvalue weighted by atomic mass is 9.53. The summed E-state index contributed by atoms with van der Waals surface area (Å²) < 4.78 is 12.6. The Morgan fingerprint density at radius 2 is 1.96 bits per heavy atom. The van der Waals surface area contributed by atoms with Gasteiger partial charge in [0.2, 0.25) is 0 Å². The Morgan fingerprint density at radius 3 is 2.50 bits per heavy atom. The summed E-state index contributed by atoms with van der Waals surface area (Å²) in [4.78, 5) is 11.8. The number of carbonyl (C=O) groups excluding carboxylic acids is 1. The Morgan fingerprint density at radius 1 is 1.29 bits per heavy atom. The Balaban J connectivity index is 1.90.